The van der Waals surface area contributed by atoms with Crippen LogP contribution in [0.3, 0.4) is 0 Å². The lowest BCUT2D eigenvalue weighted by Gasteiger charge is -2.33. The van der Waals surface area contributed by atoms with Gasteiger partial charge >= 0.3 is 0 Å². The molecule has 0 spiro atoms. The Labute approximate surface area is 112 Å². The fraction of sp³-hybridized carbons (Fsp3) is 0.571. The number of hydrogen-bond acceptors (Lipinski definition) is 2. The van der Waals surface area contributed by atoms with Gasteiger partial charge in [-0.15, -0.1) is 0 Å². The quantitative estimate of drug-likeness (QED) is 0.909. The van der Waals surface area contributed by atoms with E-state index in [0.717, 1.165) is 18.0 Å². The predicted octanol–water partition coefficient (Wildman–Crippen LogP) is 2.16. The van der Waals surface area contributed by atoms with Gasteiger partial charge in [-0.2, -0.15) is 0 Å². The maximum atomic E-state index is 12.4. The normalized spacial score (nSPS) is 21.9. The molecule has 0 bridgehead atoms. The van der Waals surface area contributed by atoms with Crippen molar-refractivity contribution in [1.29, 1.82) is 0 Å². The Hall–Kier alpha value is -0.710. The summed E-state index contributed by atoms with van der Waals surface area (Å²) in [4.78, 5) is 0.973. The molecule has 2 atom stereocenters. The molecule has 1 unspecified atom stereocenters. The Morgan fingerprint density at radius 1 is 1.39 bits per heavy atom. The molecule has 3 nitrogen and oxygen atoms in total. The Morgan fingerprint density at radius 2 is 2.06 bits per heavy atom. The second kappa shape index (κ2) is 5.11. The molecule has 1 N–H and O–H groups in total. The summed E-state index contributed by atoms with van der Waals surface area (Å²) in [5, 5.41) is 3.34. The first-order valence-corrected chi connectivity index (χ1v) is 7.46. The molecule has 0 radical (unpaired) electrons. The lowest BCUT2D eigenvalue weighted by molar-refractivity contribution is 0.238. The van der Waals surface area contributed by atoms with Gasteiger partial charge in [0.2, 0.25) is 0 Å². The molecular weight excluding hydrogens is 244 g/mol. The van der Waals surface area contributed by atoms with E-state index >= 15 is 0 Å². The molecule has 0 amide bonds. The third kappa shape index (κ3) is 2.66. The summed E-state index contributed by atoms with van der Waals surface area (Å²) >= 11 is 0. The van der Waals surface area contributed by atoms with Crippen molar-refractivity contribution < 1.29 is 4.21 Å². The van der Waals surface area contributed by atoms with Gasteiger partial charge in [0.15, 0.2) is 0 Å². The number of likely N-dealkylation sites (N-methyl/N-ethyl adjacent to an activating group) is 1. The first-order chi connectivity index (χ1) is 8.43. The number of nitrogens with one attached hydrogen (secondary N) is 1. The van der Waals surface area contributed by atoms with Crippen LogP contribution in [0.1, 0.15) is 26.3 Å². The van der Waals surface area contributed by atoms with Gasteiger partial charge in [-0.1, -0.05) is 39.0 Å². The SMILES string of the molecule is CN[C@H](CN1Cc2ccccc2S1=O)C(C)(C)C. The van der Waals surface area contributed by atoms with Crippen molar-refractivity contribution in [3.8, 4) is 0 Å². The Balaban J connectivity index is 2.12. The maximum absolute atomic E-state index is 12.4. The van der Waals surface area contributed by atoms with E-state index in [4.69, 9.17) is 0 Å². The number of fused-ring (bicyclic) bond motifs is 1. The molecule has 1 aliphatic heterocycles. The highest BCUT2D eigenvalue weighted by atomic mass is 32.2. The Bertz CT molecular complexity index is 453. The second-order valence-electron chi connectivity index (χ2n) is 5.89. The zero-order valence-corrected chi connectivity index (χ0v) is 12.4. The van der Waals surface area contributed by atoms with E-state index in [2.05, 4.69) is 36.5 Å². The summed E-state index contributed by atoms with van der Waals surface area (Å²) < 4.78 is 14.4. The van der Waals surface area contributed by atoms with Gasteiger partial charge in [-0.3, -0.25) is 0 Å². The molecule has 2 rings (SSSR count). The van der Waals surface area contributed by atoms with Crippen molar-refractivity contribution in [2.45, 2.75) is 38.3 Å². The molecule has 1 aromatic carbocycles. The highest BCUT2D eigenvalue weighted by Gasteiger charge is 2.32. The summed E-state index contributed by atoms with van der Waals surface area (Å²) in [6.07, 6.45) is 0. The monoisotopic (exact) mass is 266 g/mol. The maximum Gasteiger partial charge on any atom is 0.128 e. The largest absolute Gasteiger partial charge is 0.315 e. The third-order valence-corrected chi connectivity index (χ3v) is 5.04. The molecular formula is C14H22N2OS. The van der Waals surface area contributed by atoms with Crippen molar-refractivity contribution >= 4 is 11.0 Å². The summed E-state index contributed by atoms with van der Waals surface area (Å²) in [5.74, 6) is 0. The van der Waals surface area contributed by atoms with Crippen molar-refractivity contribution in [2.75, 3.05) is 13.6 Å². The first-order valence-electron chi connectivity index (χ1n) is 6.35. The average molecular weight is 266 g/mol. The van der Waals surface area contributed by atoms with Gasteiger partial charge in [0.1, 0.15) is 11.0 Å². The summed E-state index contributed by atoms with van der Waals surface area (Å²) in [6, 6.07) is 8.34. The van der Waals surface area contributed by atoms with Crippen LogP contribution in [0.4, 0.5) is 0 Å². The molecule has 0 saturated carbocycles. The molecule has 0 aromatic heterocycles. The van der Waals surface area contributed by atoms with Crippen LogP contribution in [0, 0.1) is 5.41 Å². The number of nitrogens with zero attached hydrogens (tertiary/aromatic N) is 1. The molecule has 0 saturated heterocycles. The zero-order chi connectivity index (χ0) is 13.3. The minimum absolute atomic E-state index is 0.160. The van der Waals surface area contributed by atoms with E-state index in [-0.39, 0.29) is 5.41 Å². The van der Waals surface area contributed by atoms with Crippen molar-refractivity contribution in [1.82, 2.24) is 9.62 Å². The van der Waals surface area contributed by atoms with Crippen LogP contribution in [0.5, 0.6) is 0 Å². The van der Waals surface area contributed by atoms with Gasteiger partial charge in [-0.05, 0) is 24.1 Å². The summed E-state index contributed by atoms with van der Waals surface area (Å²) in [6.45, 7) is 8.22. The molecule has 1 aromatic rings. The van der Waals surface area contributed by atoms with Crippen LogP contribution >= 0.6 is 0 Å². The Morgan fingerprint density at radius 3 is 2.61 bits per heavy atom. The third-order valence-electron chi connectivity index (χ3n) is 3.52. The average Bonchev–Trinajstić information content (AvgIpc) is 2.62. The fourth-order valence-corrected chi connectivity index (χ4v) is 3.70. The highest BCUT2D eigenvalue weighted by molar-refractivity contribution is 7.83. The van der Waals surface area contributed by atoms with E-state index in [0.29, 0.717) is 6.04 Å². The minimum atomic E-state index is -0.999. The molecule has 1 heterocycles. The van der Waals surface area contributed by atoms with Crippen molar-refractivity contribution in [3.05, 3.63) is 29.8 Å². The highest BCUT2D eigenvalue weighted by Crippen LogP contribution is 2.29. The van der Waals surface area contributed by atoms with Crippen molar-refractivity contribution in [3.63, 3.8) is 0 Å². The molecule has 18 heavy (non-hydrogen) atoms. The van der Waals surface area contributed by atoms with Crippen LogP contribution < -0.4 is 5.32 Å². The van der Waals surface area contributed by atoms with Crippen LogP contribution in [0.25, 0.3) is 0 Å². The first kappa shape index (κ1) is 13.7. The fourth-order valence-electron chi connectivity index (χ4n) is 2.33. The molecule has 0 fully saturated rings. The molecule has 1 aliphatic rings. The molecule has 100 valence electrons. The van der Waals surface area contributed by atoms with Gasteiger partial charge in [0.25, 0.3) is 0 Å². The lowest BCUT2D eigenvalue weighted by Crippen LogP contribution is -2.46. The topological polar surface area (TPSA) is 32.3 Å². The number of benzene rings is 1. The van der Waals surface area contributed by atoms with E-state index < -0.39 is 11.0 Å². The van der Waals surface area contributed by atoms with Gasteiger partial charge in [0, 0.05) is 19.1 Å². The summed E-state index contributed by atoms with van der Waals surface area (Å²) in [7, 11) is 0.975. The van der Waals surface area contributed by atoms with E-state index in [9.17, 15) is 4.21 Å². The molecule has 4 heteroatoms. The van der Waals surface area contributed by atoms with E-state index in [1.165, 1.54) is 5.56 Å². The predicted molar refractivity (Wildman–Crippen MR) is 75.6 cm³/mol. The van der Waals surface area contributed by atoms with Crippen LogP contribution in [0.2, 0.25) is 0 Å². The van der Waals surface area contributed by atoms with E-state index in [1.54, 1.807) is 0 Å². The van der Waals surface area contributed by atoms with Gasteiger partial charge < -0.3 is 5.32 Å². The Kier molecular flexibility index (Phi) is 3.90. The van der Waals surface area contributed by atoms with Gasteiger partial charge in [0.05, 0.1) is 4.90 Å². The van der Waals surface area contributed by atoms with Crippen LogP contribution in [-0.4, -0.2) is 28.1 Å². The van der Waals surface area contributed by atoms with E-state index in [1.807, 2.05) is 25.2 Å². The van der Waals surface area contributed by atoms with Gasteiger partial charge in [-0.25, -0.2) is 8.51 Å². The van der Waals surface area contributed by atoms with Crippen LogP contribution in [-0.2, 0) is 17.5 Å². The lowest BCUT2D eigenvalue weighted by atomic mass is 9.87. The number of hydrogen-bond donors (Lipinski definition) is 1. The number of rotatable bonds is 3. The minimum Gasteiger partial charge on any atom is -0.315 e. The zero-order valence-electron chi connectivity index (χ0n) is 11.6. The van der Waals surface area contributed by atoms with Crippen molar-refractivity contribution in [2.24, 2.45) is 5.41 Å². The van der Waals surface area contributed by atoms with Crippen LogP contribution in [0.15, 0.2) is 29.2 Å². The smallest absolute Gasteiger partial charge is 0.128 e. The second-order valence-corrected chi connectivity index (χ2v) is 7.34. The molecule has 0 aliphatic carbocycles. The summed E-state index contributed by atoms with van der Waals surface area (Å²) in [5.41, 5.74) is 1.35. The standard InChI is InChI=1S/C14H22N2OS/c1-14(2,3)13(15-4)10-16-9-11-7-5-6-8-12(11)18(16)17/h5-8,13,15H,9-10H2,1-4H3/t13-,18?/m1/s1.